The number of benzene rings is 2. The Bertz CT molecular complexity index is 787. The predicted octanol–water partition coefficient (Wildman–Crippen LogP) is 3.62. The molecule has 0 fully saturated rings. The SMILES string of the molecule is COc1ccc(C)cc1NC(=O)COc1cccc(NC(=O)C(C)C)c1. The van der Waals surface area contributed by atoms with E-state index in [0.29, 0.717) is 22.9 Å². The lowest BCUT2D eigenvalue weighted by molar-refractivity contribution is -0.119. The van der Waals surface area contributed by atoms with E-state index in [0.717, 1.165) is 5.56 Å². The molecule has 2 amide bonds. The van der Waals surface area contributed by atoms with Crippen LogP contribution in [0.1, 0.15) is 19.4 Å². The zero-order valence-corrected chi connectivity index (χ0v) is 15.5. The Balaban J connectivity index is 1.95. The van der Waals surface area contributed by atoms with Gasteiger partial charge in [-0.15, -0.1) is 0 Å². The molecule has 6 heteroatoms. The molecule has 0 aliphatic rings. The molecule has 0 aromatic heterocycles. The van der Waals surface area contributed by atoms with Crippen LogP contribution in [0.4, 0.5) is 11.4 Å². The monoisotopic (exact) mass is 356 g/mol. The number of carbonyl (C=O) groups excluding carboxylic acids is 2. The van der Waals surface area contributed by atoms with Gasteiger partial charge in [0, 0.05) is 17.7 Å². The minimum absolute atomic E-state index is 0.0774. The fourth-order valence-corrected chi connectivity index (χ4v) is 2.20. The van der Waals surface area contributed by atoms with Crippen molar-refractivity contribution < 1.29 is 19.1 Å². The van der Waals surface area contributed by atoms with Crippen LogP contribution < -0.4 is 20.1 Å². The van der Waals surface area contributed by atoms with Gasteiger partial charge in [0.1, 0.15) is 11.5 Å². The first-order valence-corrected chi connectivity index (χ1v) is 8.37. The van der Waals surface area contributed by atoms with Crippen LogP contribution in [0.25, 0.3) is 0 Å². The number of methoxy groups -OCH3 is 1. The van der Waals surface area contributed by atoms with Crippen molar-refractivity contribution >= 4 is 23.2 Å². The molecule has 2 aromatic carbocycles. The highest BCUT2D eigenvalue weighted by atomic mass is 16.5. The van der Waals surface area contributed by atoms with E-state index in [4.69, 9.17) is 9.47 Å². The molecule has 26 heavy (non-hydrogen) atoms. The second-order valence-corrected chi connectivity index (χ2v) is 6.21. The molecular weight excluding hydrogens is 332 g/mol. The van der Waals surface area contributed by atoms with Gasteiger partial charge in [-0.25, -0.2) is 0 Å². The van der Waals surface area contributed by atoms with Crippen LogP contribution in [-0.2, 0) is 9.59 Å². The predicted molar refractivity (Wildman–Crippen MR) is 102 cm³/mol. The zero-order valence-electron chi connectivity index (χ0n) is 15.5. The summed E-state index contributed by atoms with van der Waals surface area (Å²) in [5, 5.41) is 5.57. The van der Waals surface area contributed by atoms with E-state index in [1.807, 2.05) is 32.9 Å². The van der Waals surface area contributed by atoms with E-state index < -0.39 is 0 Å². The molecule has 0 aliphatic heterocycles. The van der Waals surface area contributed by atoms with Gasteiger partial charge in [0.2, 0.25) is 5.91 Å². The number of amides is 2. The van der Waals surface area contributed by atoms with Crippen molar-refractivity contribution in [3.63, 3.8) is 0 Å². The summed E-state index contributed by atoms with van der Waals surface area (Å²) in [4.78, 5) is 23.9. The van der Waals surface area contributed by atoms with E-state index in [-0.39, 0.29) is 24.3 Å². The number of ether oxygens (including phenoxy) is 2. The van der Waals surface area contributed by atoms with E-state index in [2.05, 4.69) is 10.6 Å². The molecule has 0 unspecified atom stereocenters. The van der Waals surface area contributed by atoms with Crippen molar-refractivity contribution in [3.8, 4) is 11.5 Å². The summed E-state index contributed by atoms with van der Waals surface area (Å²) in [7, 11) is 1.55. The van der Waals surface area contributed by atoms with Gasteiger partial charge in [0.05, 0.1) is 12.8 Å². The number of hydrogen-bond acceptors (Lipinski definition) is 4. The molecule has 0 heterocycles. The van der Waals surface area contributed by atoms with Crippen molar-refractivity contribution in [3.05, 3.63) is 48.0 Å². The van der Waals surface area contributed by atoms with Gasteiger partial charge in [-0.1, -0.05) is 26.0 Å². The molecule has 0 radical (unpaired) electrons. The molecule has 0 saturated carbocycles. The highest BCUT2D eigenvalue weighted by Gasteiger charge is 2.10. The van der Waals surface area contributed by atoms with E-state index >= 15 is 0 Å². The largest absolute Gasteiger partial charge is 0.495 e. The third-order valence-corrected chi connectivity index (χ3v) is 3.62. The molecule has 2 aromatic rings. The second-order valence-electron chi connectivity index (χ2n) is 6.21. The number of anilines is 2. The number of carbonyl (C=O) groups is 2. The van der Waals surface area contributed by atoms with Crippen LogP contribution >= 0.6 is 0 Å². The Morgan fingerprint density at radius 3 is 2.54 bits per heavy atom. The fourth-order valence-electron chi connectivity index (χ4n) is 2.20. The first-order chi connectivity index (χ1) is 12.4. The van der Waals surface area contributed by atoms with Crippen molar-refractivity contribution in [2.45, 2.75) is 20.8 Å². The molecule has 0 bridgehead atoms. The molecule has 2 rings (SSSR count). The molecule has 6 nitrogen and oxygen atoms in total. The minimum Gasteiger partial charge on any atom is -0.495 e. The average molecular weight is 356 g/mol. The molecular formula is C20H24N2O4. The van der Waals surface area contributed by atoms with Crippen LogP contribution in [0, 0.1) is 12.8 Å². The topological polar surface area (TPSA) is 76.7 Å². The Morgan fingerprint density at radius 2 is 1.85 bits per heavy atom. The highest BCUT2D eigenvalue weighted by Crippen LogP contribution is 2.25. The van der Waals surface area contributed by atoms with Gasteiger partial charge in [-0.05, 0) is 36.8 Å². The Hall–Kier alpha value is -3.02. The number of aryl methyl sites for hydroxylation is 1. The third-order valence-electron chi connectivity index (χ3n) is 3.62. The van der Waals surface area contributed by atoms with Crippen LogP contribution in [0.3, 0.4) is 0 Å². The van der Waals surface area contributed by atoms with Gasteiger partial charge < -0.3 is 20.1 Å². The molecule has 0 aliphatic carbocycles. The molecule has 2 N–H and O–H groups in total. The maximum Gasteiger partial charge on any atom is 0.262 e. The van der Waals surface area contributed by atoms with Gasteiger partial charge in [0.25, 0.3) is 5.91 Å². The first-order valence-electron chi connectivity index (χ1n) is 8.37. The minimum atomic E-state index is -0.300. The van der Waals surface area contributed by atoms with Crippen molar-refractivity contribution in [2.75, 3.05) is 24.4 Å². The zero-order chi connectivity index (χ0) is 19.1. The Kier molecular flexibility index (Phi) is 6.60. The number of hydrogen-bond donors (Lipinski definition) is 2. The van der Waals surface area contributed by atoms with E-state index in [1.54, 1.807) is 37.4 Å². The maximum atomic E-state index is 12.2. The third kappa shape index (κ3) is 5.51. The summed E-state index contributed by atoms with van der Waals surface area (Å²) < 4.78 is 10.8. The molecule has 138 valence electrons. The van der Waals surface area contributed by atoms with Gasteiger partial charge in [0.15, 0.2) is 6.61 Å². The first kappa shape index (κ1) is 19.3. The van der Waals surface area contributed by atoms with Gasteiger partial charge in [-0.2, -0.15) is 0 Å². The normalized spacial score (nSPS) is 10.3. The van der Waals surface area contributed by atoms with Gasteiger partial charge in [-0.3, -0.25) is 9.59 Å². The van der Waals surface area contributed by atoms with E-state index in [1.165, 1.54) is 0 Å². The quantitative estimate of drug-likeness (QED) is 0.794. The van der Waals surface area contributed by atoms with Crippen LogP contribution in [0.15, 0.2) is 42.5 Å². The summed E-state index contributed by atoms with van der Waals surface area (Å²) in [5.41, 5.74) is 2.23. The summed E-state index contributed by atoms with van der Waals surface area (Å²) in [6.45, 7) is 5.42. The fraction of sp³-hybridized carbons (Fsp3) is 0.300. The number of rotatable bonds is 7. The lowest BCUT2D eigenvalue weighted by atomic mass is 10.2. The maximum absolute atomic E-state index is 12.2. The van der Waals surface area contributed by atoms with Crippen LogP contribution in [0.2, 0.25) is 0 Å². The van der Waals surface area contributed by atoms with Crippen molar-refractivity contribution in [1.29, 1.82) is 0 Å². The molecule has 0 atom stereocenters. The van der Waals surface area contributed by atoms with E-state index in [9.17, 15) is 9.59 Å². The Morgan fingerprint density at radius 1 is 1.08 bits per heavy atom. The summed E-state index contributed by atoms with van der Waals surface area (Å²) in [6, 6.07) is 12.5. The molecule has 0 saturated heterocycles. The summed E-state index contributed by atoms with van der Waals surface area (Å²) in [5.74, 6) is 0.590. The average Bonchev–Trinajstić information content (AvgIpc) is 2.60. The van der Waals surface area contributed by atoms with Crippen LogP contribution in [0.5, 0.6) is 11.5 Å². The molecule has 0 spiro atoms. The van der Waals surface area contributed by atoms with Crippen LogP contribution in [-0.4, -0.2) is 25.5 Å². The number of nitrogens with one attached hydrogen (secondary N) is 2. The van der Waals surface area contributed by atoms with Crippen molar-refractivity contribution in [2.24, 2.45) is 5.92 Å². The van der Waals surface area contributed by atoms with Gasteiger partial charge >= 0.3 is 0 Å². The summed E-state index contributed by atoms with van der Waals surface area (Å²) >= 11 is 0. The Labute approximate surface area is 153 Å². The lowest BCUT2D eigenvalue weighted by Gasteiger charge is -2.12. The second kappa shape index (κ2) is 8.89. The lowest BCUT2D eigenvalue weighted by Crippen LogP contribution is -2.21. The summed E-state index contributed by atoms with van der Waals surface area (Å²) in [6.07, 6.45) is 0. The standard InChI is InChI=1S/C20H24N2O4/c1-13(2)20(24)21-15-6-5-7-16(11-15)26-12-19(23)22-17-10-14(3)8-9-18(17)25-4/h5-11,13H,12H2,1-4H3,(H,21,24)(H,22,23). The van der Waals surface area contributed by atoms with Crippen molar-refractivity contribution in [1.82, 2.24) is 0 Å². The smallest absolute Gasteiger partial charge is 0.262 e. The highest BCUT2D eigenvalue weighted by molar-refractivity contribution is 5.94.